The maximum absolute atomic E-state index is 12.9. The second-order valence-electron chi connectivity index (χ2n) is 7.66. The fraction of sp³-hybridized carbons (Fsp3) is 0.611. The van der Waals surface area contributed by atoms with Gasteiger partial charge in [-0.15, -0.1) is 12.4 Å². The standard InChI is InChI=1S/C18H27N3O3.ClH/c1-12(19)15-7-5-6-10-20(15)17(22)13-8-9-14(18(2,3)4)16(11-13)21(23)24;/h8-9,11-12,15H,5-7,10,19H2,1-4H3;1H. The predicted octanol–water partition coefficient (Wildman–Crippen LogP) is 3.66. The third kappa shape index (κ3) is 4.70. The smallest absolute Gasteiger partial charge is 0.273 e. The monoisotopic (exact) mass is 369 g/mol. The van der Waals surface area contributed by atoms with Crippen molar-refractivity contribution in [2.75, 3.05) is 6.54 Å². The van der Waals surface area contributed by atoms with Gasteiger partial charge < -0.3 is 10.6 Å². The fourth-order valence-electron chi connectivity index (χ4n) is 3.37. The molecule has 0 radical (unpaired) electrons. The van der Waals surface area contributed by atoms with Gasteiger partial charge in [0, 0.05) is 35.8 Å². The van der Waals surface area contributed by atoms with E-state index >= 15 is 0 Å². The number of nitro benzene ring substituents is 1. The molecule has 25 heavy (non-hydrogen) atoms. The number of likely N-dealkylation sites (tertiary alicyclic amines) is 1. The van der Waals surface area contributed by atoms with Gasteiger partial charge in [0.05, 0.1) is 4.92 Å². The van der Waals surface area contributed by atoms with Crippen LogP contribution in [0.15, 0.2) is 18.2 Å². The zero-order chi connectivity index (χ0) is 18.1. The van der Waals surface area contributed by atoms with Gasteiger partial charge >= 0.3 is 0 Å². The molecule has 1 aliphatic rings. The van der Waals surface area contributed by atoms with E-state index in [1.807, 2.05) is 27.7 Å². The van der Waals surface area contributed by atoms with Crippen LogP contribution in [0.5, 0.6) is 0 Å². The van der Waals surface area contributed by atoms with Gasteiger partial charge in [-0.2, -0.15) is 0 Å². The van der Waals surface area contributed by atoms with E-state index in [0.29, 0.717) is 17.7 Å². The number of nitrogens with two attached hydrogens (primary N) is 1. The Morgan fingerprint density at radius 1 is 1.36 bits per heavy atom. The lowest BCUT2D eigenvalue weighted by molar-refractivity contribution is -0.386. The van der Waals surface area contributed by atoms with Crippen molar-refractivity contribution >= 4 is 24.0 Å². The summed E-state index contributed by atoms with van der Waals surface area (Å²) < 4.78 is 0. The van der Waals surface area contributed by atoms with E-state index in [1.165, 1.54) is 6.07 Å². The number of halogens is 1. The molecule has 2 atom stereocenters. The normalized spacial score (nSPS) is 19.1. The Morgan fingerprint density at radius 3 is 2.52 bits per heavy atom. The Morgan fingerprint density at radius 2 is 2.00 bits per heavy atom. The number of amides is 1. The molecule has 1 aromatic carbocycles. The molecular formula is C18H28ClN3O3. The first-order valence-electron chi connectivity index (χ1n) is 8.48. The zero-order valence-corrected chi connectivity index (χ0v) is 16.1. The molecule has 0 saturated carbocycles. The molecule has 0 spiro atoms. The molecule has 1 amide bonds. The first-order valence-corrected chi connectivity index (χ1v) is 8.48. The number of benzene rings is 1. The molecule has 6 nitrogen and oxygen atoms in total. The first kappa shape index (κ1) is 21.4. The maximum atomic E-state index is 12.9. The quantitative estimate of drug-likeness (QED) is 0.650. The van der Waals surface area contributed by atoms with Gasteiger partial charge in [0.25, 0.3) is 11.6 Å². The van der Waals surface area contributed by atoms with Gasteiger partial charge in [-0.25, -0.2) is 0 Å². The third-order valence-electron chi connectivity index (χ3n) is 4.67. The Kier molecular flexibility index (Phi) is 6.97. The lowest BCUT2D eigenvalue weighted by Crippen LogP contribution is -2.51. The van der Waals surface area contributed by atoms with Gasteiger partial charge in [-0.1, -0.05) is 26.8 Å². The van der Waals surface area contributed by atoms with Crippen LogP contribution in [0.25, 0.3) is 0 Å². The minimum Gasteiger partial charge on any atom is -0.334 e. The van der Waals surface area contributed by atoms with Crippen LogP contribution in [-0.2, 0) is 5.41 Å². The predicted molar refractivity (Wildman–Crippen MR) is 101 cm³/mol. The number of nitrogens with zero attached hydrogens (tertiary/aromatic N) is 2. The number of carbonyl (C=O) groups is 1. The minimum atomic E-state index is -0.406. The highest BCUT2D eigenvalue weighted by Gasteiger charge is 2.32. The minimum absolute atomic E-state index is 0. The number of nitro groups is 1. The summed E-state index contributed by atoms with van der Waals surface area (Å²) in [5, 5.41) is 11.5. The molecule has 0 bridgehead atoms. The highest BCUT2D eigenvalue weighted by Crippen LogP contribution is 2.32. The Hall–Kier alpha value is -1.66. The fourth-order valence-corrected chi connectivity index (χ4v) is 3.37. The molecule has 1 aromatic rings. The van der Waals surface area contributed by atoms with Crippen LogP contribution in [0.1, 0.15) is 62.9 Å². The topological polar surface area (TPSA) is 89.5 Å². The molecule has 2 unspecified atom stereocenters. The van der Waals surface area contributed by atoms with E-state index in [2.05, 4.69) is 0 Å². The Bertz CT molecular complexity index is 641. The van der Waals surface area contributed by atoms with Crippen molar-refractivity contribution in [2.24, 2.45) is 5.73 Å². The third-order valence-corrected chi connectivity index (χ3v) is 4.67. The van der Waals surface area contributed by atoms with E-state index in [1.54, 1.807) is 17.0 Å². The molecule has 7 heteroatoms. The van der Waals surface area contributed by atoms with Crippen LogP contribution in [0.3, 0.4) is 0 Å². The van der Waals surface area contributed by atoms with Crippen LogP contribution in [0.4, 0.5) is 5.69 Å². The first-order chi connectivity index (χ1) is 11.1. The van der Waals surface area contributed by atoms with Crippen molar-refractivity contribution in [3.8, 4) is 0 Å². The summed E-state index contributed by atoms with van der Waals surface area (Å²) in [6.07, 6.45) is 2.88. The van der Waals surface area contributed by atoms with Crippen molar-refractivity contribution in [3.05, 3.63) is 39.4 Å². The van der Waals surface area contributed by atoms with Gasteiger partial charge in [0.2, 0.25) is 0 Å². The van der Waals surface area contributed by atoms with E-state index in [9.17, 15) is 14.9 Å². The molecule has 140 valence electrons. The SMILES string of the molecule is CC(N)C1CCCCN1C(=O)c1ccc(C(C)(C)C)c([N+](=O)[O-])c1.Cl. The van der Waals surface area contributed by atoms with Crippen molar-refractivity contribution < 1.29 is 9.72 Å². The second-order valence-corrected chi connectivity index (χ2v) is 7.66. The zero-order valence-electron chi connectivity index (χ0n) is 15.3. The summed E-state index contributed by atoms with van der Waals surface area (Å²) in [6, 6.07) is 4.69. The van der Waals surface area contributed by atoms with Gasteiger partial charge in [-0.3, -0.25) is 14.9 Å². The molecule has 1 aliphatic heterocycles. The van der Waals surface area contributed by atoms with Crippen molar-refractivity contribution in [1.82, 2.24) is 4.90 Å². The van der Waals surface area contributed by atoms with E-state index in [4.69, 9.17) is 5.73 Å². The van der Waals surface area contributed by atoms with E-state index < -0.39 is 4.92 Å². The molecular weight excluding hydrogens is 342 g/mol. The number of rotatable bonds is 3. The van der Waals surface area contributed by atoms with Crippen LogP contribution in [0, 0.1) is 10.1 Å². The second kappa shape index (κ2) is 8.15. The molecule has 2 N–H and O–H groups in total. The summed E-state index contributed by atoms with van der Waals surface area (Å²) in [6.45, 7) is 8.33. The average molecular weight is 370 g/mol. The van der Waals surface area contributed by atoms with Gasteiger partial charge in [0.15, 0.2) is 0 Å². The van der Waals surface area contributed by atoms with Crippen LogP contribution >= 0.6 is 12.4 Å². The van der Waals surface area contributed by atoms with Crippen molar-refractivity contribution in [2.45, 2.75) is 64.5 Å². The number of carbonyl (C=O) groups excluding carboxylic acids is 1. The Labute approximate surface area is 155 Å². The van der Waals surface area contributed by atoms with E-state index in [-0.39, 0.29) is 41.5 Å². The number of piperidine rings is 1. The summed E-state index contributed by atoms with van der Waals surface area (Å²) >= 11 is 0. The Balaban J connectivity index is 0.00000312. The summed E-state index contributed by atoms with van der Waals surface area (Å²) in [7, 11) is 0. The molecule has 2 rings (SSSR count). The van der Waals surface area contributed by atoms with Crippen LogP contribution in [-0.4, -0.2) is 34.4 Å². The van der Waals surface area contributed by atoms with Crippen LogP contribution < -0.4 is 5.73 Å². The van der Waals surface area contributed by atoms with Crippen molar-refractivity contribution in [3.63, 3.8) is 0 Å². The summed E-state index contributed by atoms with van der Waals surface area (Å²) in [5.74, 6) is -0.166. The lowest BCUT2D eigenvalue weighted by atomic mass is 9.85. The molecule has 1 fully saturated rings. The number of hydrogen-bond donors (Lipinski definition) is 1. The van der Waals surface area contributed by atoms with Crippen molar-refractivity contribution in [1.29, 1.82) is 0 Å². The maximum Gasteiger partial charge on any atom is 0.273 e. The molecule has 0 aromatic heterocycles. The van der Waals surface area contributed by atoms with Gasteiger partial charge in [0.1, 0.15) is 0 Å². The molecule has 1 saturated heterocycles. The summed E-state index contributed by atoms with van der Waals surface area (Å²) in [5.41, 5.74) is 6.67. The molecule has 1 heterocycles. The lowest BCUT2D eigenvalue weighted by Gasteiger charge is -2.38. The highest BCUT2D eigenvalue weighted by atomic mass is 35.5. The highest BCUT2D eigenvalue weighted by molar-refractivity contribution is 5.95. The average Bonchev–Trinajstić information content (AvgIpc) is 2.52. The van der Waals surface area contributed by atoms with Crippen LogP contribution in [0.2, 0.25) is 0 Å². The summed E-state index contributed by atoms with van der Waals surface area (Å²) in [4.78, 5) is 25.7. The largest absolute Gasteiger partial charge is 0.334 e. The molecule has 0 aliphatic carbocycles. The number of hydrogen-bond acceptors (Lipinski definition) is 4. The van der Waals surface area contributed by atoms with Gasteiger partial charge in [-0.05, 0) is 37.7 Å². The van der Waals surface area contributed by atoms with E-state index in [0.717, 1.165) is 19.3 Å².